The number of aliphatic imine (C=N–C) groups is 1. The van der Waals surface area contributed by atoms with Crippen LogP contribution in [0.2, 0.25) is 5.02 Å². The minimum Gasteiger partial charge on any atom is -0.362 e. The third kappa shape index (κ3) is 4.14. The number of aryl methyl sites for hydroxylation is 1. The summed E-state index contributed by atoms with van der Waals surface area (Å²) < 4.78 is 1.06. The summed E-state index contributed by atoms with van der Waals surface area (Å²) >= 11 is 10.1. The fourth-order valence-electron chi connectivity index (χ4n) is 3.75. The molecule has 1 heterocycles. The Morgan fingerprint density at radius 2 is 1.93 bits per heavy atom. The van der Waals surface area contributed by atoms with E-state index in [-0.39, 0.29) is 5.54 Å². The smallest absolute Gasteiger partial charge is 0.0659 e. The molecule has 142 valence electrons. The summed E-state index contributed by atoms with van der Waals surface area (Å²) in [7, 11) is 0. The van der Waals surface area contributed by atoms with E-state index in [1.54, 1.807) is 0 Å². The molecule has 27 heavy (non-hydrogen) atoms. The Morgan fingerprint density at radius 3 is 2.59 bits per heavy atom. The summed E-state index contributed by atoms with van der Waals surface area (Å²) in [6, 6.07) is 10.4. The van der Waals surface area contributed by atoms with E-state index < -0.39 is 0 Å². The first-order valence-electron chi connectivity index (χ1n) is 9.34. The van der Waals surface area contributed by atoms with Crippen molar-refractivity contribution in [2.75, 3.05) is 11.4 Å². The van der Waals surface area contributed by atoms with Crippen LogP contribution in [-0.4, -0.2) is 18.3 Å². The van der Waals surface area contributed by atoms with E-state index in [2.05, 4.69) is 84.7 Å². The van der Waals surface area contributed by atoms with Gasteiger partial charge in [-0.25, -0.2) is 0 Å². The van der Waals surface area contributed by atoms with Crippen LogP contribution in [0.25, 0.3) is 5.57 Å². The number of allylic oxidation sites excluding steroid dienone is 1. The van der Waals surface area contributed by atoms with Crippen LogP contribution in [0.3, 0.4) is 0 Å². The Labute approximate surface area is 176 Å². The highest BCUT2D eigenvalue weighted by molar-refractivity contribution is 9.10. The second kappa shape index (κ2) is 7.81. The van der Waals surface area contributed by atoms with E-state index >= 15 is 0 Å². The van der Waals surface area contributed by atoms with Gasteiger partial charge in [0.2, 0.25) is 0 Å². The van der Waals surface area contributed by atoms with E-state index in [4.69, 9.17) is 11.6 Å². The van der Waals surface area contributed by atoms with Crippen LogP contribution in [0.4, 0.5) is 11.4 Å². The van der Waals surface area contributed by atoms with Crippen LogP contribution >= 0.6 is 27.5 Å². The van der Waals surface area contributed by atoms with Crippen LogP contribution in [0, 0.1) is 6.92 Å². The van der Waals surface area contributed by atoms with Gasteiger partial charge in [-0.1, -0.05) is 40.5 Å². The van der Waals surface area contributed by atoms with Crippen molar-refractivity contribution < 1.29 is 0 Å². The molecule has 0 bridgehead atoms. The number of fused-ring (bicyclic) bond motifs is 1. The lowest BCUT2D eigenvalue weighted by atomic mass is 9.88. The molecule has 0 saturated carbocycles. The van der Waals surface area contributed by atoms with Gasteiger partial charge in [-0.05, 0) is 75.6 Å². The van der Waals surface area contributed by atoms with E-state index in [0.29, 0.717) is 0 Å². The maximum atomic E-state index is 6.65. The molecule has 0 saturated heterocycles. The molecule has 2 aromatic rings. The number of hydrogen-bond acceptors (Lipinski definition) is 2. The molecule has 2 aromatic carbocycles. The lowest BCUT2D eigenvalue weighted by molar-refractivity contribution is 0.550. The normalized spacial score (nSPS) is 15.8. The zero-order valence-corrected chi connectivity index (χ0v) is 18.9. The van der Waals surface area contributed by atoms with Gasteiger partial charge in [0.05, 0.1) is 16.2 Å². The third-order valence-corrected chi connectivity index (χ3v) is 5.87. The van der Waals surface area contributed by atoms with Gasteiger partial charge in [-0.15, -0.1) is 0 Å². The molecule has 0 atom stereocenters. The van der Waals surface area contributed by atoms with Gasteiger partial charge >= 0.3 is 0 Å². The zero-order valence-electron chi connectivity index (χ0n) is 16.6. The molecule has 1 aliphatic rings. The van der Waals surface area contributed by atoms with Crippen LogP contribution in [0.1, 0.15) is 50.8 Å². The maximum Gasteiger partial charge on any atom is 0.0659 e. The topological polar surface area (TPSA) is 15.6 Å². The molecule has 0 N–H and O–H groups in total. The monoisotopic (exact) mass is 444 g/mol. The second-order valence-electron chi connectivity index (χ2n) is 7.71. The quantitative estimate of drug-likeness (QED) is 0.443. The molecule has 0 unspecified atom stereocenters. The molecular formula is C23H26BrClN2. The fourth-order valence-corrected chi connectivity index (χ4v) is 4.43. The number of halogens is 2. The Bertz CT molecular complexity index is 928. The van der Waals surface area contributed by atoms with Gasteiger partial charge < -0.3 is 4.90 Å². The van der Waals surface area contributed by atoms with E-state index in [1.807, 2.05) is 18.3 Å². The lowest BCUT2D eigenvalue weighted by Gasteiger charge is -2.43. The summed E-state index contributed by atoms with van der Waals surface area (Å²) in [5.74, 6) is 0. The zero-order chi connectivity index (χ0) is 19.8. The summed E-state index contributed by atoms with van der Waals surface area (Å²) in [5, 5.41) is 0.735. The van der Waals surface area contributed by atoms with Crippen LogP contribution in [0.5, 0.6) is 0 Å². The standard InChI is InChI=1S/C23H26BrClN2/c1-6-9-27-22-12-20(25)17(11-19(22)16(3)13-23(27,4)5)14-26-21-8-7-18(24)10-15(21)2/h7-8,10-14H,6,9H2,1-5H3. The highest BCUT2D eigenvalue weighted by Crippen LogP contribution is 2.41. The molecule has 0 fully saturated rings. The van der Waals surface area contributed by atoms with Crippen molar-refractivity contribution in [2.24, 2.45) is 4.99 Å². The van der Waals surface area contributed by atoms with Crippen molar-refractivity contribution in [2.45, 2.75) is 46.6 Å². The Balaban J connectivity index is 2.03. The summed E-state index contributed by atoms with van der Waals surface area (Å²) in [6.45, 7) is 12.0. The van der Waals surface area contributed by atoms with E-state index in [1.165, 1.54) is 16.8 Å². The van der Waals surface area contributed by atoms with Crippen molar-refractivity contribution >= 4 is 50.7 Å². The minimum absolute atomic E-state index is 0.0133. The molecule has 0 aromatic heterocycles. The molecule has 1 aliphatic heterocycles. The molecule has 4 heteroatoms. The van der Waals surface area contributed by atoms with Gasteiger partial charge in [0, 0.05) is 34.0 Å². The van der Waals surface area contributed by atoms with Crippen molar-refractivity contribution in [3.05, 3.63) is 62.6 Å². The molecule has 0 radical (unpaired) electrons. The molecule has 0 spiro atoms. The van der Waals surface area contributed by atoms with E-state index in [9.17, 15) is 0 Å². The van der Waals surface area contributed by atoms with E-state index in [0.717, 1.165) is 39.3 Å². The first-order valence-corrected chi connectivity index (χ1v) is 10.5. The predicted molar refractivity (Wildman–Crippen MR) is 123 cm³/mol. The van der Waals surface area contributed by atoms with Gasteiger partial charge in [0.25, 0.3) is 0 Å². The van der Waals surface area contributed by atoms with Gasteiger partial charge in [0.1, 0.15) is 0 Å². The van der Waals surface area contributed by atoms with Crippen molar-refractivity contribution in [3.63, 3.8) is 0 Å². The van der Waals surface area contributed by atoms with Gasteiger partial charge in [-0.3, -0.25) is 4.99 Å². The van der Waals surface area contributed by atoms with Crippen LogP contribution in [0.15, 0.2) is 45.9 Å². The largest absolute Gasteiger partial charge is 0.362 e. The maximum absolute atomic E-state index is 6.65. The Kier molecular flexibility index (Phi) is 5.83. The summed E-state index contributed by atoms with van der Waals surface area (Å²) in [6.07, 6.45) is 5.31. The number of anilines is 1. The number of rotatable bonds is 4. The highest BCUT2D eigenvalue weighted by atomic mass is 79.9. The summed E-state index contributed by atoms with van der Waals surface area (Å²) in [4.78, 5) is 7.12. The van der Waals surface area contributed by atoms with Crippen molar-refractivity contribution in [1.29, 1.82) is 0 Å². The number of hydrogen-bond donors (Lipinski definition) is 0. The minimum atomic E-state index is -0.0133. The summed E-state index contributed by atoms with van der Waals surface area (Å²) in [5.41, 5.74) is 6.75. The number of benzene rings is 2. The molecular weight excluding hydrogens is 420 g/mol. The van der Waals surface area contributed by atoms with Crippen LogP contribution < -0.4 is 4.90 Å². The average Bonchev–Trinajstić information content (AvgIpc) is 2.58. The highest BCUT2D eigenvalue weighted by Gasteiger charge is 2.31. The SMILES string of the molecule is CCCN1c2cc(Cl)c(C=Nc3ccc(Br)cc3C)cc2C(C)=CC1(C)C. The fraction of sp³-hybridized carbons (Fsp3) is 0.348. The molecule has 3 rings (SSSR count). The third-order valence-electron chi connectivity index (χ3n) is 5.04. The van der Waals surface area contributed by atoms with Crippen molar-refractivity contribution in [1.82, 2.24) is 0 Å². The molecule has 0 aliphatic carbocycles. The Hall–Kier alpha value is -1.58. The first kappa shape index (κ1) is 20.2. The van der Waals surface area contributed by atoms with Gasteiger partial charge in [0.15, 0.2) is 0 Å². The second-order valence-corrected chi connectivity index (χ2v) is 9.04. The molecule has 0 amide bonds. The average molecular weight is 446 g/mol. The number of nitrogens with zero attached hydrogens (tertiary/aromatic N) is 2. The van der Waals surface area contributed by atoms with Crippen molar-refractivity contribution in [3.8, 4) is 0 Å². The first-order chi connectivity index (χ1) is 12.7. The molecule has 2 nitrogen and oxygen atoms in total. The Morgan fingerprint density at radius 1 is 1.19 bits per heavy atom. The predicted octanol–water partition coefficient (Wildman–Crippen LogP) is 7.57. The lowest BCUT2D eigenvalue weighted by Crippen LogP contribution is -2.45. The van der Waals surface area contributed by atoms with Crippen LogP contribution in [-0.2, 0) is 0 Å². The van der Waals surface area contributed by atoms with Gasteiger partial charge in [-0.2, -0.15) is 0 Å².